The highest BCUT2D eigenvalue weighted by Crippen LogP contribution is 2.22. The van der Waals surface area contributed by atoms with E-state index < -0.39 is 15.8 Å². The molecule has 1 aromatic carbocycles. The Morgan fingerprint density at radius 2 is 1.93 bits per heavy atom. The van der Waals surface area contributed by atoms with E-state index in [2.05, 4.69) is 4.90 Å². The lowest BCUT2D eigenvalue weighted by Crippen LogP contribution is -2.49. The Kier molecular flexibility index (Phi) is 6.26. The third-order valence-electron chi connectivity index (χ3n) is 4.94. The van der Waals surface area contributed by atoms with Crippen molar-refractivity contribution in [3.8, 4) is 0 Å². The Hall–Kier alpha value is -1.80. The van der Waals surface area contributed by atoms with Gasteiger partial charge in [0.15, 0.2) is 16.4 Å². The van der Waals surface area contributed by atoms with E-state index in [1.54, 1.807) is 4.90 Å². The first-order valence-electron chi connectivity index (χ1n) is 8.97. The van der Waals surface area contributed by atoms with Crippen LogP contribution in [0.15, 0.2) is 24.3 Å². The fourth-order valence-electron chi connectivity index (χ4n) is 3.45. The molecule has 2 saturated heterocycles. The number of esters is 1. The van der Waals surface area contributed by atoms with E-state index in [1.165, 1.54) is 0 Å². The van der Waals surface area contributed by atoms with Gasteiger partial charge in [0.25, 0.3) is 5.91 Å². The normalized spacial score (nSPS) is 21.9. The van der Waals surface area contributed by atoms with Crippen molar-refractivity contribution in [1.29, 1.82) is 0 Å². The van der Waals surface area contributed by atoms with Crippen molar-refractivity contribution < 1.29 is 22.7 Å². The van der Waals surface area contributed by atoms with Crippen LogP contribution in [0.25, 0.3) is 0 Å². The van der Waals surface area contributed by atoms with Gasteiger partial charge in [-0.1, -0.05) is 17.7 Å². The third kappa shape index (κ3) is 5.59. The number of anilines is 1. The molecule has 0 aliphatic carbocycles. The molecule has 7 nitrogen and oxygen atoms in total. The molecule has 0 radical (unpaired) electrons. The number of carbonyl (C=O) groups excluding carboxylic acids is 2. The van der Waals surface area contributed by atoms with Gasteiger partial charge in [-0.2, -0.15) is 0 Å². The Balaban J connectivity index is 1.40. The summed E-state index contributed by atoms with van der Waals surface area (Å²) in [5.74, 6) is -0.780. The van der Waals surface area contributed by atoms with Crippen LogP contribution in [-0.2, 0) is 24.2 Å². The summed E-state index contributed by atoms with van der Waals surface area (Å²) in [5.41, 5.74) is 1.02. The summed E-state index contributed by atoms with van der Waals surface area (Å²) in [6.45, 7) is 2.16. The average molecular weight is 415 g/mol. The monoisotopic (exact) mass is 414 g/mol. The van der Waals surface area contributed by atoms with E-state index in [4.69, 9.17) is 16.3 Å². The van der Waals surface area contributed by atoms with Gasteiger partial charge in [0, 0.05) is 43.3 Å². The molecule has 0 aromatic heterocycles. The number of sulfone groups is 1. The molecular formula is C18H23ClN2O5S. The number of halogens is 1. The number of benzene rings is 1. The maximum atomic E-state index is 12.3. The Morgan fingerprint density at radius 3 is 2.56 bits per heavy atom. The number of hydrogen-bond donors (Lipinski definition) is 0. The molecule has 0 spiro atoms. The standard InChI is InChI=1S/C18H23ClN2O5S/c19-15-2-1-3-16(11-15)20-5-7-21(8-6-20)17(22)12-26-18(23)10-14-4-9-27(24,25)13-14/h1-3,11,14H,4-10,12-13H2/t14-/m0/s1. The molecule has 1 amide bonds. The van der Waals surface area contributed by atoms with Crippen LogP contribution in [0.4, 0.5) is 5.69 Å². The molecule has 0 saturated carbocycles. The maximum Gasteiger partial charge on any atom is 0.306 e. The SMILES string of the molecule is O=C(C[C@@H]1CCS(=O)(=O)C1)OCC(=O)N1CCN(c2cccc(Cl)c2)CC1. The lowest BCUT2D eigenvalue weighted by atomic mass is 10.1. The fraction of sp³-hybridized carbons (Fsp3) is 0.556. The molecule has 1 atom stereocenters. The van der Waals surface area contributed by atoms with Gasteiger partial charge in [-0.05, 0) is 30.5 Å². The van der Waals surface area contributed by atoms with Crippen molar-refractivity contribution in [2.24, 2.45) is 5.92 Å². The second-order valence-corrected chi connectivity index (χ2v) is 9.65. The van der Waals surface area contributed by atoms with Crippen LogP contribution in [0.3, 0.4) is 0 Å². The molecular weight excluding hydrogens is 392 g/mol. The summed E-state index contributed by atoms with van der Waals surface area (Å²) in [6, 6.07) is 7.59. The zero-order valence-electron chi connectivity index (χ0n) is 15.0. The van der Waals surface area contributed by atoms with E-state index in [0.717, 1.165) is 5.69 Å². The van der Waals surface area contributed by atoms with Crippen molar-refractivity contribution in [2.75, 3.05) is 49.2 Å². The molecule has 0 bridgehead atoms. The summed E-state index contributed by atoms with van der Waals surface area (Å²) >= 11 is 6.02. The number of amides is 1. The molecule has 1 aromatic rings. The van der Waals surface area contributed by atoms with Crippen molar-refractivity contribution >= 4 is 39.0 Å². The molecule has 2 fully saturated rings. The van der Waals surface area contributed by atoms with Crippen molar-refractivity contribution in [3.05, 3.63) is 29.3 Å². The molecule has 2 heterocycles. The summed E-state index contributed by atoms with van der Waals surface area (Å²) < 4.78 is 27.9. The van der Waals surface area contributed by atoms with E-state index in [-0.39, 0.29) is 36.4 Å². The number of carbonyl (C=O) groups is 2. The predicted octanol–water partition coefficient (Wildman–Crippen LogP) is 1.36. The highest BCUT2D eigenvalue weighted by molar-refractivity contribution is 7.91. The number of nitrogens with zero attached hydrogens (tertiary/aromatic N) is 2. The number of piperazine rings is 1. The zero-order chi connectivity index (χ0) is 19.4. The van der Waals surface area contributed by atoms with Gasteiger partial charge in [0.2, 0.25) is 0 Å². The van der Waals surface area contributed by atoms with Crippen LogP contribution in [0, 0.1) is 5.92 Å². The van der Waals surface area contributed by atoms with Crippen LogP contribution in [0.1, 0.15) is 12.8 Å². The predicted molar refractivity (Wildman–Crippen MR) is 103 cm³/mol. The van der Waals surface area contributed by atoms with Gasteiger partial charge in [0.1, 0.15) is 0 Å². The van der Waals surface area contributed by atoms with Crippen LogP contribution in [-0.4, -0.2) is 69.5 Å². The van der Waals surface area contributed by atoms with E-state index in [9.17, 15) is 18.0 Å². The quantitative estimate of drug-likeness (QED) is 0.676. The Labute approximate surface area is 164 Å². The van der Waals surface area contributed by atoms with Gasteiger partial charge in [-0.25, -0.2) is 8.42 Å². The summed E-state index contributed by atoms with van der Waals surface area (Å²) in [7, 11) is -3.02. The Morgan fingerprint density at radius 1 is 1.19 bits per heavy atom. The topological polar surface area (TPSA) is 84.0 Å². The number of ether oxygens (including phenoxy) is 1. The maximum absolute atomic E-state index is 12.3. The summed E-state index contributed by atoms with van der Waals surface area (Å²) in [4.78, 5) is 27.9. The second kappa shape index (κ2) is 8.48. The van der Waals surface area contributed by atoms with Crippen molar-refractivity contribution in [3.63, 3.8) is 0 Å². The number of hydrogen-bond acceptors (Lipinski definition) is 6. The van der Waals surface area contributed by atoms with E-state index >= 15 is 0 Å². The molecule has 27 heavy (non-hydrogen) atoms. The first kappa shape index (κ1) is 19.9. The van der Waals surface area contributed by atoms with Crippen LogP contribution < -0.4 is 4.90 Å². The lowest BCUT2D eigenvalue weighted by molar-refractivity contribution is -0.152. The van der Waals surface area contributed by atoms with Crippen molar-refractivity contribution in [2.45, 2.75) is 12.8 Å². The molecule has 148 valence electrons. The highest BCUT2D eigenvalue weighted by atomic mass is 35.5. The van der Waals surface area contributed by atoms with Crippen LogP contribution >= 0.6 is 11.6 Å². The first-order valence-corrected chi connectivity index (χ1v) is 11.2. The van der Waals surface area contributed by atoms with Gasteiger partial charge in [-0.3, -0.25) is 9.59 Å². The smallest absolute Gasteiger partial charge is 0.306 e. The molecule has 0 unspecified atom stereocenters. The summed E-state index contributed by atoms with van der Waals surface area (Å²) in [5, 5.41) is 0.674. The third-order valence-corrected chi connectivity index (χ3v) is 7.02. The molecule has 2 aliphatic heterocycles. The molecule has 9 heteroatoms. The average Bonchev–Trinajstić information content (AvgIpc) is 2.98. The number of rotatable bonds is 5. The van der Waals surface area contributed by atoms with Crippen LogP contribution in [0.2, 0.25) is 5.02 Å². The van der Waals surface area contributed by atoms with Gasteiger partial charge >= 0.3 is 5.97 Å². The minimum absolute atomic E-state index is 0.0293. The van der Waals surface area contributed by atoms with E-state index in [1.807, 2.05) is 24.3 Å². The first-order chi connectivity index (χ1) is 12.8. The minimum atomic E-state index is -3.02. The molecule has 2 aliphatic rings. The zero-order valence-corrected chi connectivity index (χ0v) is 16.5. The van der Waals surface area contributed by atoms with Gasteiger partial charge in [-0.15, -0.1) is 0 Å². The van der Waals surface area contributed by atoms with E-state index in [0.29, 0.717) is 37.6 Å². The Bertz CT molecular complexity index is 806. The molecule has 0 N–H and O–H groups in total. The molecule has 3 rings (SSSR count). The van der Waals surface area contributed by atoms with Crippen LogP contribution in [0.5, 0.6) is 0 Å². The highest BCUT2D eigenvalue weighted by Gasteiger charge is 2.30. The van der Waals surface area contributed by atoms with Gasteiger partial charge < -0.3 is 14.5 Å². The van der Waals surface area contributed by atoms with Gasteiger partial charge in [0.05, 0.1) is 11.5 Å². The lowest BCUT2D eigenvalue weighted by Gasteiger charge is -2.36. The largest absolute Gasteiger partial charge is 0.456 e. The fourth-order valence-corrected chi connectivity index (χ4v) is 5.49. The van der Waals surface area contributed by atoms with Crippen molar-refractivity contribution in [1.82, 2.24) is 4.90 Å². The summed E-state index contributed by atoms with van der Waals surface area (Å²) in [6.07, 6.45) is 0.534. The minimum Gasteiger partial charge on any atom is -0.456 e. The second-order valence-electron chi connectivity index (χ2n) is 6.98.